The predicted octanol–water partition coefficient (Wildman–Crippen LogP) is 2.97. The van der Waals surface area contributed by atoms with E-state index in [-0.39, 0.29) is 6.61 Å². The number of nitrogens with one attached hydrogen (secondary N) is 2. The first-order chi connectivity index (χ1) is 16.4. The van der Waals surface area contributed by atoms with Crippen LogP contribution in [0.5, 0.6) is 5.75 Å². The molecule has 0 bridgehead atoms. The first kappa shape index (κ1) is 24.5. The van der Waals surface area contributed by atoms with Crippen LogP contribution in [0.2, 0.25) is 5.02 Å². The summed E-state index contributed by atoms with van der Waals surface area (Å²) in [5, 5.41) is 28.7. The fourth-order valence-electron chi connectivity index (χ4n) is 4.03. The second-order valence-corrected chi connectivity index (χ2v) is 9.56. The Labute approximate surface area is 203 Å². The lowest BCUT2D eigenvalue weighted by Gasteiger charge is -2.34. The van der Waals surface area contributed by atoms with Gasteiger partial charge >= 0.3 is 0 Å². The summed E-state index contributed by atoms with van der Waals surface area (Å²) in [6, 6.07) is 12.6. The standard InChI is InChI=1S/C24H30ClFN6O2/c1-24(33,16-34-22-13-20(26)7-4-18(22)12-23-28-30-31-29-23)15-27-21-8-10-32(11-9-21)14-17-2-5-19(25)6-3-17/h2-7,13,21,27,33H,8-12,14-16H2,1H3,(H,28,29,30,31)/t24-/m0/s1. The van der Waals surface area contributed by atoms with Gasteiger partial charge in [0.05, 0.1) is 0 Å². The van der Waals surface area contributed by atoms with Crippen LogP contribution in [0.25, 0.3) is 0 Å². The number of aromatic nitrogens is 4. The monoisotopic (exact) mass is 488 g/mol. The minimum absolute atomic E-state index is 0.0283. The third kappa shape index (κ3) is 7.20. The van der Waals surface area contributed by atoms with Gasteiger partial charge in [-0.25, -0.2) is 9.49 Å². The molecule has 10 heteroatoms. The van der Waals surface area contributed by atoms with Crippen LogP contribution >= 0.6 is 11.6 Å². The summed E-state index contributed by atoms with van der Waals surface area (Å²) < 4.78 is 19.6. The second kappa shape index (κ2) is 11.2. The molecule has 0 radical (unpaired) electrons. The Hall–Kier alpha value is -2.59. The molecule has 34 heavy (non-hydrogen) atoms. The molecule has 1 saturated heterocycles. The lowest BCUT2D eigenvalue weighted by atomic mass is 10.0. The zero-order chi connectivity index (χ0) is 24.0. The fraction of sp³-hybridized carbons (Fsp3) is 0.458. The average molecular weight is 489 g/mol. The molecule has 1 aliphatic rings. The van der Waals surface area contributed by atoms with Crippen LogP contribution < -0.4 is 10.1 Å². The highest BCUT2D eigenvalue weighted by Crippen LogP contribution is 2.23. The van der Waals surface area contributed by atoms with E-state index in [9.17, 15) is 9.50 Å². The largest absolute Gasteiger partial charge is 0.490 e. The van der Waals surface area contributed by atoms with Gasteiger partial charge in [-0.3, -0.25) is 4.90 Å². The zero-order valence-electron chi connectivity index (χ0n) is 19.2. The molecule has 1 atom stereocenters. The number of halogens is 2. The molecule has 2 aromatic carbocycles. The number of hydrogen-bond donors (Lipinski definition) is 3. The molecular formula is C24H30ClFN6O2. The van der Waals surface area contributed by atoms with Gasteiger partial charge in [-0.2, -0.15) is 0 Å². The first-order valence-electron chi connectivity index (χ1n) is 11.4. The van der Waals surface area contributed by atoms with E-state index in [0.717, 1.165) is 43.1 Å². The van der Waals surface area contributed by atoms with Crippen molar-refractivity contribution in [2.45, 2.75) is 44.4 Å². The number of likely N-dealkylation sites (tertiary alicyclic amines) is 1. The Kier molecular flexibility index (Phi) is 8.10. The van der Waals surface area contributed by atoms with Gasteiger partial charge in [0.2, 0.25) is 0 Å². The molecule has 8 nitrogen and oxygen atoms in total. The molecule has 3 N–H and O–H groups in total. The first-order valence-corrected chi connectivity index (χ1v) is 11.8. The number of nitrogens with zero attached hydrogens (tertiary/aromatic N) is 4. The minimum Gasteiger partial charge on any atom is -0.490 e. The number of rotatable bonds is 10. The molecule has 1 aromatic heterocycles. The summed E-state index contributed by atoms with van der Waals surface area (Å²) in [5.74, 6) is 0.511. The van der Waals surface area contributed by atoms with Gasteiger partial charge in [-0.1, -0.05) is 29.8 Å². The Morgan fingerprint density at radius 3 is 2.71 bits per heavy atom. The summed E-state index contributed by atoms with van der Waals surface area (Å²) in [6.45, 7) is 5.01. The maximum Gasteiger partial charge on any atom is 0.153 e. The molecule has 0 unspecified atom stereocenters. The third-order valence-electron chi connectivity index (χ3n) is 5.99. The van der Waals surface area contributed by atoms with E-state index < -0.39 is 11.4 Å². The number of tetrazole rings is 1. The molecule has 182 valence electrons. The Bertz CT molecular complexity index is 1040. The minimum atomic E-state index is -1.11. The van der Waals surface area contributed by atoms with Gasteiger partial charge in [0.25, 0.3) is 0 Å². The Morgan fingerprint density at radius 1 is 1.24 bits per heavy atom. The van der Waals surface area contributed by atoms with Gasteiger partial charge in [0.15, 0.2) is 5.82 Å². The molecule has 0 saturated carbocycles. The zero-order valence-corrected chi connectivity index (χ0v) is 19.9. The maximum atomic E-state index is 13.8. The van der Waals surface area contributed by atoms with E-state index in [1.807, 2.05) is 12.1 Å². The predicted molar refractivity (Wildman–Crippen MR) is 127 cm³/mol. The average Bonchev–Trinajstić information content (AvgIpc) is 3.34. The van der Waals surface area contributed by atoms with Gasteiger partial charge in [0.1, 0.15) is 23.8 Å². The quantitative estimate of drug-likeness (QED) is 0.403. The van der Waals surface area contributed by atoms with E-state index in [1.165, 1.54) is 17.7 Å². The molecule has 0 spiro atoms. The van der Waals surface area contributed by atoms with Crippen LogP contribution in [-0.2, 0) is 13.0 Å². The number of benzene rings is 2. The number of piperidine rings is 1. The van der Waals surface area contributed by atoms with Crippen LogP contribution in [0.1, 0.15) is 36.7 Å². The SMILES string of the molecule is C[C@](O)(CNC1CCN(Cc2ccc(Cl)cc2)CC1)COc1cc(F)ccc1Cc1nnn[nH]1. The fourth-order valence-corrected chi connectivity index (χ4v) is 4.16. The van der Waals surface area contributed by atoms with E-state index in [0.29, 0.717) is 30.6 Å². The molecule has 0 amide bonds. The van der Waals surface area contributed by atoms with Crippen molar-refractivity contribution in [1.29, 1.82) is 0 Å². The third-order valence-corrected chi connectivity index (χ3v) is 6.25. The number of ether oxygens (including phenoxy) is 1. The van der Waals surface area contributed by atoms with Crippen molar-refractivity contribution in [3.8, 4) is 5.75 Å². The van der Waals surface area contributed by atoms with Gasteiger partial charge in [-0.15, -0.1) is 5.10 Å². The van der Waals surface area contributed by atoms with E-state index in [4.69, 9.17) is 16.3 Å². The van der Waals surface area contributed by atoms with E-state index in [1.54, 1.807) is 13.0 Å². The normalized spacial score (nSPS) is 16.9. The molecule has 2 heterocycles. The number of aromatic amines is 1. The molecule has 1 fully saturated rings. The van der Waals surface area contributed by atoms with Crippen molar-refractivity contribution in [1.82, 2.24) is 30.8 Å². The highest BCUT2D eigenvalue weighted by Gasteiger charge is 2.26. The van der Waals surface area contributed by atoms with Crippen LogP contribution in [0.4, 0.5) is 4.39 Å². The lowest BCUT2D eigenvalue weighted by molar-refractivity contribution is 0.00782. The van der Waals surface area contributed by atoms with Crippen LogP contribution in [0.15, 0.2) is 42.5 Å². The van der Waals surface area contributed by atoms with Crippen molar-refractivity contribution in [2.75, 3.05) is 26.2 Å². The number of hydrogen-bond acceptors (Lipinski definition) is 7. The maximum absolute atomic E-state index is 13.8. The summed E-state index contributed by atoms with van der Waals surface area (Å²) >= 11 is 5.97. The van der Waals surface area contributed by atoms with Crippen molar-refractivity contribution in [3.05, 3.63) is 70.3 Å². The van der Waals surface area contributed by atoms with Crippen LogP contribution in [-0.4, -0.2) is 68.5 Å². The summed E-state index contributed by atoms with van der Waals surface area (Å²) in [5.41, 5.74) is 0.876. The molecule has 4 rings (SSSR count). The highest BCUT2D eigenvalue weighted by atomic mass is 35.5. The molecular weight excluding hydrogens is 459 g/mol. The lowest BCUT2D eigenvalue weighted by Crippen LogP contribution is -2.49. The molecule has 0 aliphatic carbocycles. The van der Waals surface area contributed by atoms with Gasteiger partial charge in [0, 0.05) is 42.2 Å². The summed E-state index contributed by atoms with van der Waals surface area (Å²) in [4.78, 5) is 2.43. The summed E-state index contributed by atoms with van der Waals surface area (Å²) in [6.07, 6.45) is 2.38. The van der Waals surface area contributed by atoms with E-state index in [2.05, 4.69) is 43.0 Å². The Balaban J connectivity index is 1.23. The van der Waals surface area contributed by atoms with Crippen LogP contribution in [0, 0.1) is 5.82 Å². The number of aliphatic hydroxyl groups is 1. The van der Waals surface area contributed by atoms with Gasteiger partial charge in [-0.05, 0) is 67.0 Å². The highest BCUT2D eigenvalue weighted by molar-refractivity contribution is 6.30. The summed E-state index contributed by atoms with van der Waals surface area (Å²) in [7, 11) is 0. The van der Waals surface area contributed by atoms with Gasteiger partial charge < -0.3 is 15.2 Å². The molecule has 3 aromatic rings. The van der Waals surface area contributed by atoms with Crippen molar-refractivity contribution >= 4 is 11.6 Å². The second-order valence-electron chi connectivity index (χ2n) is 9.12. The van der Waals surface area contributed by atoms with Crippen molar-refractivity contribution < 1.29 is 14.2 Å². The van der Waals surface area contributed by atoms with Crippen LogP contribution in [0.3, 0.4) is 0 Å². The number of H-pyrrole nitrogens is 1. The van der Waals surface area contributed by atoms with Crippen molar-refractivity contribution in [2.24, 2.45) is 0 Å². The Morgan fingerprint density at radius 2 is 2.00 bits per heavy atom. The smallest absolute Gasteiger partial charge is 0.153 e. The topological polar surface area (TPSA) is 99.2 Å². The van der Waals surface area contributed by atoms with Crippen molar-refractivity contribution in [3.63, 3.8) is 0 Å². The van der Waals surface area contributed by atoms with E-state index >= 15 is 0 Å². The molecule has 1 aliphatic heterocycles.